The van der Waals surface area contributed by atoms with Gasteiger partial charge in [0.25, 0.3) is 0 Å². The number of nitrogens with zero attached hydrogens (tertiary/aromatic N) is 1. The Morgan fingerprint density at radius 2 is 1.35 bits per heavy atom. The maximum Gasteiger partial charge on any atom is 0.0709 e. The van der Waals surface area contributed by atoms with Crippen LogP contribution in [0, 0.1) is 0 Å². The van der Waals surface area contributed by atoms with Crippen molar-refractivity contribution in [1.29, 1.82) is 0 Å². The summed E-state index contributed by atoms with van der Waals surface area (Å²) in [7, 11) is 0. The van der Waals surface area contributed by atoms with Crippen molar-refractivity contribution in [3.63, 3.8) is 0 Å². The standard InChI is InChI=1S/C15H11N.Ba.2H/c1-2-6-12(7-3-1)15-11-10-13-8-4-5-9-14(13)16-15;;;/h1-11H;;;. The number of benzene rings is 2. The van der Waals surface area contributed by atoms with Gasteiger partial charge in [-0.15, -0.1) is 0 Å². The first kappa shape index (κ1) is 12.9. The summed E-state index contributed by atoms with van der Waals surface area (Å²) in [6, 6.07) is 22.6. The average molecular weight is 345 g/mol. The van der Waals surface area contributed by atoms with Gasteiger partial charge in [0.2, 0.25) is 0 Å². The van der Waals surface area contributed by atoms with Crippen molar-refractivity contribution >= 4 is 59.8 Å². The Bertz CT molecular complexity index is 620. The largest absolute Gasteiger partial charge is 0.248 e. The summed E-state index contributed by atoms with van der Waals surface area (Å²) in [5.41, 5.74) is 3.23. The van der Waals surface area contributed by atoms with E-state index >= 15 is 0 Å². The van der Waals surface area contributed by atoms with Gasteiger partial charge in [-0.1, -0.05) is 54.6 Å². The molecule has 0 fully saturated rings. The summed E-state index contributed by atoms with van der Waals surface area (Å²) in [6.45, 7) is 0. The third-order valence-corrected chi connectivity index (χ3v) is 2.67. The zero-order chi connectivity index (χ0) is 10.8. The summed E-state index contributed by atoms with van der Waals surface area (Å²) in [4.78, 5) is 4.65. The summed E-state index contributed by atoms with van der Waals surface area (Å²) < 4.78 is 0. The molecule has 0 aliphatic carbocycles. The Balaban J connectivity index is 0.00000108. The Morgan fingerprint density at radius 1 is 0.647 bits per heavy atom. The van der Waals surface area contributed by atoms with Crippen LogP contribution >= 0.6 is 0 Å². The van der Waals surface area contributed by atoms with E-state index in [2.05, 4.69) is 35.3 Å². The molecule has 0 aliphatic heterocycles. The molecule has 1 aromatic heterocycles. The second kappa shape index (κ2) is 5.85. The van der Waals surface area contributed by atoms with Crippen molar-refractivity contribution < 1.29 is 0 Å². The normalized spacial score (nSPS) is 9.88. The molecule has 2 heteroatoms. The van der Waals surface area contributed by atoms with Crippen molar-refractivity contribution in [3.05, 3.63) is 66.7 Å². The van der Waals surface area contributed by atoms with E-state index < -0.39 is 0 Å². The van der Waals surface area contributed by atoms with Crippen LogP contribution in [0.2, 0.25) is 0 Å². The van der Waals surface area contributed by atoms with Gasteiger partial charge in [0, 0.05) is 10.9 Å². The van der Waals surface area contributed by atoms with Crippen molar-refractivity contribution in [2.24, 2.45) is 0 Å². The van der Waals surface area contributed by atoms with E-state index in [4.69, 9.17) is 0 Å². The van der Waals surface area contributed by atoms with Crippen LogP contribution in [0.15, 0.2) is 66.7 Å². The van der Waals surface area contributed by atoms with E-state index in [1.54, 1.807) is 0 Å². The minimum atomic E-state index is 0. The molecule has 0 atom stereocenters. The second-order valence-corrected chi connectivity index (χ2v) is 3.76. The first-order valence-electron chi connectivity index (χ1n) is 5.35. The first-order chi connectivity index (χ1) is 7.93. The third kappa shape index (κ3) is 2.81. The number of fused-ring (bicyclic) bond motifs is 1. The maximum absolute atomic E-state index is 4.65. The summed E-state index contributed by atoms with van der Waals surface area (Å²) in [5, 5.41) is 1.18. The molecule has 2 aromatic carbocycles. The molecule has 0 aliphatic rings. The van der Waals surface area contributed by atoms with Crippen molar-refractivity contribution in [2.45, 2.75) is 0 Å². The predicted octanol–water partition coefficient (Wildman–Crippen LogP) is 2.99. The van der Waals surface area contributed by atoms with E-state index in [1.807, 2.05) is 36.4 Å². The van der Waals surface area contributed by atoms with E-state index in [0.717, 1.165) is 16.8 Å². The molecular weight excluding hydrogens is 332 g/mol. The van der Waals surface area contributed by atoms with Crippen LogP contribution in [0.3, 0.4) is 0 Å². The van der Waals surface area contributed by atoms with Crippen LogP contribution in [0.4, 0.5) is 0 Å². The molecule has 3 rings (SSSR count). The number of aromatic nitrogens is 1. The molecular formula is C15H13BaN. The molecule has 0 radical (unpaired) electrons. The van der Waals surface area contributed by atoms with Gasteiger partial charge in [-0.2, -0.15) is 0 Å². The molecule has 80 valence electrons. The van der Waals surface area contributed by atoms with Crippen LogP contribution in [-0.4, -0.2) is 53.9 Å². The van der Waals surface area contributed by atoms with Crippen LogP contribution in [-0.2, 0) is 0 Å². The smallest absolute Gasteiger partial charge is 0.0709 e. The topological polar surface area (TPSA) is 12.9 Å². The SMILES string of the molecule is [BaH2].c1ccc(-c2ccc3ccccc3n2)cc1. The number of para-hydroxylation sites is 1. The fourth-order valence-corrected chi connectivity index (χ4v) is 1.84. The Labute approximate surface area is 141 Å². The van der Waals surface area contributed by atoms with E-state index in [1.165, 1.54) is 5.39 Å². The first-order valence-corrected chi connectivity index (χ1v) is 5.35. The minimum Gasteiger partial charge on any atom is -0.248 e. The number of hydrogen-bond donors (Lipinski definition) is 0. The second-order valence-electron chi connectivity index (χ2n) is 3.76. The van der Waals surface area contributed by atoms with E-state index in [0.29, 0.717) is 0 Å². The third-order valence-electron chi connectivity index (χ3n) is 2.67. The summed E-state index contributed by atoms with van der Waals surface area (Å²) in [6.07, 6.45) is 0. The molecule has 1 nitrogen and oxygen atoms in total. The quantitative estimate of drug-likeness (QED) is 0.619. The molecule has 0 amide bonds. The molecule has 0 N–H and O–H groups in total. The summed E-state index contributed by atoms with van der Waals surface area (Å²) >= 11 is 0. The van der Waals surface area contributed by atoms with Gasteiger partial charge in [-0.3, -0.25) is 0 Å². The maximum atomic E-state index is 4.65. The number of pyridine rings is 1. The predicted molar refractivity (Wildman–Crippen MR) is 75.7 cm³/mol. The van der Waals surface area contributed by atoms with Gasteiger partial charge in [0.05, 0.1) is 11.2 Å². The van der Waals surface area contributed by atoms with Gasteiger partial charge >= 0.3 is 48.9 Å². The van der Waals surface area contributed by atoms with Gasteiger partial charge < -0.3 is 0 Å². The van der Waals surface area contributed by atoms with Crippen LogP contribution in [0.1, 0.15) is 0 Å². The van der Waals surface area contributed by atoms with E-state index in [9.17, 15) is 0 Å². The zero-order valence-electron chi connectivity index (χ0n) is 8.80. The molecule has 0 spiro atoms. The summed E-state index contributed by atoms with van der Waals surface area (Å²) in [5.74, 6) is 0. The fourth-order valence-electron chi connectivity index (χ4n) is 1.84. The molecule has 0 bridgehead atoms. The molecule has 0 saturated heterocycles. The number of rotatable bonds is 1. The monoisotopic (exact) mass is 345 g/mol. The molecule has 0 unspecified atom stereocenters. The van der Waals surface area contributed by atoms with E-state index in [-0.39, 0.29) is 48.9 Å². The zero-order valence-corrected chi connectivity index (χ0v) is 8.80. The molecule has 0 saturated carbocycles. The fraction of sp³-hybridized carbons (Fsp3) is 0. The van der Waals surface area contributed by atoms with Crippen molar-refractivity contribution in [3.8, 4) is 11.3 Å². The van der Waals surface area contributed by atoms with Gasteiger partial charge in [-0.05, 0) is 12.1 Å². The van der Waals surface area contributed by atoms with Crippen molar-refractivity contribution in [2.75, 3.05) is 0 Å². The van der Waals surface area contributed by atoms with Gasteiger partial charge in [-0.25, -0.2) is 4.98 Å². The molecule has 1 heterocycles. The average Bonchev–Trinajstić information content (AvgIpc) is 2.39. The molecule has 17 heavy (non-hydrogen) atoms. The van der Waals surface area contributed by atoms with Crippen LogP contribution in [0.5, 0.6) is 0 Å². The van der Waals surface area contributed by atoms with Gasteiger partial charge in [0.1, 0.15) is 0 Å². The van der Waals surface area contributed by atoms with Gasteiger partial charge in [0.15, 0.2) is 0 Å². The number of hydrogen-bond acceptors (Lipinski definition) is 1. The Kier molecular flexibility index (Phi) is 4.43. The van der Waals surface area contributed by atoms with Crippen LogP contribution in [0.25, 0.3) is 22.2 Å². The molecule has 3 aromatic rings. The Hall–Kier alpha value is -0.579. The minimum absolute atomic E-state index is 0. The Morgan fingerprint density at radius 3 is 2.18 bits per heavy atom. The van der Waals surface area contributed by atoms with Crippen molar-refractivity contribution in [1.82, 2.24) is 4.98 Å². The van der Waals surface area contributed by atoms with Crippen LogP contribution < -0.4 is 0 Å².